The van der Waals surface area contributed by atoms with Crippen LogP contribution in [-0.4, -0.2) is 21.2 Å². The molecule has 7 heteroatoms. The molecule has 2 aromatic carbocycles. The summed E-state index contributed by atoms with van der Waals surface area (Å²) >= 11 is 0. The van der Waals surface area contributed by atoms with Gasteiger partial charge in [0.25, 0.3) is 0 Å². The molecule has 0 saturated carbocycles. The van der Waals surface area contributed by atoms with E-state index in [-0.39, 0.29) is 18.2 Å². The molecule has 0 N–H and O–H groups in total. The van der Waals surface area contributed by atoms with Gasteiger partial charge < -0.3 is 9.15 Å². The molecule has 0 unspecified atom stereocenters. The zero-order valence-electron chi connectivity index (χ0n) is 16.7. The molecule has 0 saturated heterocycles. The van der Waals surface area contributed by atoms with Crippen molar-refractivity contribution in [2.75, 3.05) is 0 Å². The molecule has 0 bridgehead atoms. The number of halogens is 1. The average Bonchev–Trinajstić information content (AvgIpc) is 3.31. The van der Waals surface area contributed by atoms with Gasteiger partial charge in [0.15, 0.2) is 12.0 Å². The molecule has 0 aliphatic heterocycles. The Morgan fingerprint density at radius 1 is 1.00 bits per heavy atom. The Bertz CT molecular complexity index is 1410. The largest absolute Gasteiger partial charge is 0.489 e. The summed E-state index contributed by atoms with van der Waals surface area (Å²) < 4.78 is 24.3. The van der Waals surface area contributed by atoms with E-state index in [1.54, 1.807) is 18.3 Å². The predicted octanol–water partition coefficient (Wildman–Crippen LogP) is 5.48. The summed E-state index contributed by atoms with van der Waals surface area (Å²) in [5.41, 5.74) is 4.24. The van der Waals surface area contributed by atoms with Crippen molar-refractivity contribution >= 4 is 17.2 Å². The van der Waals surface area contributed by atoms with Gasteiger partial charge in [0.2, 0.25) is 0 Å². The van der Waals surface area contributed by atoms with Crippen LogP contribution in [0.3, 0.4) is 0 Å². The van der Waals surface area contributed by atoms with Crippen LogP contribution in [0.5, 0.6) is 5.75 Å². The van der Waals surface area contributed by atoms with Crippen LogP contribution in [0.2, 0.25) is 0 Å². The zero-order valence-corrected chi connectivity index (χ0v) is 16.7. The van der Waals surface area contributed by atoms with Crippen LogP contribution >= 0.6 is 0 Å². The number of carbonyl (C=O) groups excluding carboxylic acids is 1. The van der Waals surface area contributed by atoms with Gasteiger partial charge in [-0.15, -0.1) is 0 Å². The quantitative estimate of drug-likeness (QED) is 0.335. The molecule has 5 aromatic rings. The minimum atomic E-state index is -0.290. The molecule has 0 aliphatic carbocycles. The van der Waals surface area contributed by atoms with E-state index in [0.717, 1.165) is 22.2 Å². The van der Waals surface area contributed by atoms with Crippen LogP contribution in [0.4, 0.5) is 4.39 Å². The Morgan fingerprint density at radius 2 is 1.88 bits per heavy atom. The van der Waals surface area contributed by atoms with Crippen LogP contribution in [0.25, 0.3) is 33.4 Å². The maximum absolute atomic E-state index is 13.3. The van der Waals surface area contributed by atoms with E-state index in [1.807, 2.05) is 36.4 Å². The molecule has 3 heterocycles. The predicted molar refractivity (Wildman–Crippen MR) is 117 cm³/mol. The van der Waals surface area contributed by atoms with Crippen molar-refractivity contribution in [1.29, 1.82) is 0 Å². The summed E-state index contributed by atoms with van der Waals surface area (Å²) in [5, 5.41) is 0.795. The van der Waals surface area contributed by atoms with Gasteiger partial charge in [0.05, 0.1) is 29.4 Å². The van der Waals surface area contributed by atoms with Gasteiger partial charge in [-0.25, -0.2) is 14.4 Å². The fourth-order valence-electron chi connectivity index (χ4n) is 3.46. The molecule has 0 radical (unpaired) electrons. The third-order valence-corrected chi connectivity index (χ3v) is 5.02. The molecule has 0 fully saturated rings. The summed E-state index contributed by atoms with van der Waals surface area (Å²) in [6, 6.07) is 17.3. The van der Waals surface area contributed by atoms with Gasteiger partial charge in [0, 0.05) is 16.5 Å². The van der Waals surface area contributed by atoms with Crippen LogP contribution in [0.1, 0.15) is 16.1 Å². The number of hydrogen-bond donors (Lipinski definition) is 0. The molecular formula is C25H16FN3O3. The Morgan fingerprint density at radius 3 is 2.69 bits per heavy atom. The SMILES string of the molecule is O=Cc1occc1-c1cc2c(-c3ccc(OCc4cccc(F)c4)cc3)ncnc2cn1. The standard InChI is InChI=1S/C25H16FN3O3/c26-18-3-1-2-16(10-18)14-32-19-6-4-17(5-7-19)25-21-11-22(20-8-9-31-24(20)13-30)27-12-23(21)28-15-29-25/h1-13,15H,14H2. The van der Waals surface area contributed by atoms with Gasteiger partial charge in [-0.1, -0.05) is 12.1 Å². The Hall–Kier alpha value is -4.39. The molecule has 156 valence electrons. The van der Waals surface area contributed by atoms with Crippen molar-refractivity contribution < 1.29 is 18.3 Å². The molecule has 0 amide bonds. The number of furan rings is 1. The first-order valence-corrected chi connectivity index (χ1v) is 9.83. The van der Waals surface area contributed by atoms with E-state index in [4.69, 9.17) is 9.15 Å². The normalized spacial score (nSPS) is 10.9. The minimum Gasteiger partial charge on any atom is -0.489 e. The summed E-state index contributed by atoms with van der Waals surface area (Å²) in [7, 11) is 0. The van der Waals surface area contributed by atoms with E-state index in [1.165, 1.54) is 24.7 Å². The number of nitrogens with zero attached hydrogens (tertiary/aromatic N) is 3. The molecule has 0 spiro atoms. The highest BCUT2D eigenvalue weighted by atomic mass is 19.1. The smallest absolute Gasteiger partial charge is 0.186 e. The maximum atomic E-state index is 13.3. The third kappa shape index (κ3) is 3.83. The highest BCUT2D eigenvalue weighted by Gasteiger charge is 2.13. The van der Waals surface area contributed by atoms with Crippen LogP contribution in [0.15, 0.2) is 83.9 Å². The number of hydrogen-bond acceptors (Lipinski definition) is 6. The van der Waals surface area contributed by atoms with E-state index in [2.05, 4.69) is 15.0 Å². The number of aldehydes is 1. The van der Waals surface area contributed by atoms with Gasteiger partial charge in [-0.2, -0.15) is 0 Å². The van der Waals surface area contributed by atoms with Gasteiger partial charge >= 0.3 is 0 Å². The number of ether oxygens (including phenoxy) is 1. The Kier molecular flexibility index (Phi) is 5.13. The van der Waals surface area contributed by atoms with Gasteiger partial charge in [-0.3, -0.25) is 9.78 Å². The van der Waals surface area contributed by atoms with E-state index >= 15 is 0 Å². The second-order valence-electron chi connectivity index (χ2n) is 7.07. The zero-order chi connectivity index (χ0) is 21.9. The Labute approximate surface area is 182 Å². The van der Waals surface area contributed by atoms with Crippen molar-refractivity contribution in [3.63, 3.8) is 0 Å². The molecular weight excluding hydrogens is 409 g/mol. The van der Waals surface area contributed by atoms with E-state index in [9.17, 15) is 9.18 Å². The van der Waals surface area contributed by atoms with Crippen LogP contribution in [0, 0.1) is 5.82 Å². The molecule has 5 rings (SSSR count). The molecule has 0 atom stereocenters. The van der Waals surface area contributed by atoms with Crippen molar-refractivity contribution in [3.8, 4) is 28.3 Å². The number of carbonyl (C=O) groups is 1. The fraction of sp³-hybridized carbons (Fsp3) is 0.0400. The molecule has 3 aromatic heterocycles. The lowest BCUT2D eigenvalue weighted by Gasteiger charge is -2.09. The lowest BCUT2D eigenvalue weighted by molar-refractivity contribution is 0.110. The van der Waals surface area contributed by atoms with Crippen molar-refractivity contribution in [3.05, 3.63) is 96.6 Å². The Balaban J connectivity index is 1.45. The van der Waals surface area contributed by atoms with Crippen molar-refractivity contribution in [1.82, 2.24) is 15.0 Å². The average molecular weight is 425 g/mol. The second kappa shape index (κ2) is 8.39. The number of aromatic nitrogens is 3. The van der Waals surface area contributed by atoms with Crippen LogP contribution in [-0.2, 0) is 6.61 Å². The number of pyridine rings is 1. The number of rotatable bonds is 6. The lowest BCUT2D eigenvalue weighted by atomic mass is 10.0. The van der Waals surface area contributed by atoms with E-state index in [0.29, 0.717) is 28.8 Å². The molecule has 6 nitrogen and oxygen atoms in total. The highest BCUT2D eigenvalue weighted by Crippen LogP contribution is 2.30. The maximum Gasteiger partial charge on any atom is 0.186 e. The van der Waals surface area contributed by atoms with Gasteiger partial charge in [-0.05, 0) is 54.1 Å². The topological polar surface area (TPSA) is 78.1 Å². The fourth-order valence-corrected chi connectivity index (χ4v) is 3.46. The van der Waals surface area contributed by atoms with Crippen LogP contribution < -0.4 is 4.74 Å². The van der Waals surface area contributed by atoms with E-state index < -0.39 is 0 Å². The monoisotopic (exact) mass is 425 g/mol. The lowest BCUT2D eigenvalue weighted by Crippen LogP contribution is -1.96. The first kappa shape index (κ1) is 19.6. The summed E-state index contributed by atoms with van der Waals surface area (Å²) in [4.78, 5) is 24.4. The second-order valence-corrected chi connectivity index (χ2v) is 7.07. The molecule has 0 aliphatic rings. The minimum absolute atomic E-state index is 0.218. The van der Waals surface area contributed by atoms with Gasteiger partial charge in [0.1, 0.15) is 24.5 Å². The number of fused-ring (bicyclic) bond motifs is 1. The van der Waals surface area contributed by atoms with Crippen molar-refractivity contribution in [2.24, 2.45) is 0 Å². The molecule has 32 heavy (non-hydrogen) atoms. The summed E-state index contributed by atoms with van der Waals surface area (Å²) in [6.07, 6.45) is 5.25. The first-order valence-electron chi connectivity index (χ1n) is 9.83. The number of benzene rings is 2. The third-order valence-electron chi connectivity index (χ3n) is 5.02. The highest BCUT2D eigenvalue weighted by molar-refractivity contribution is 5.95. The first-order chi connectivity index (χ1) is 15.7. The summed E-state index contributed by atoms with van der Waals surface area (Å²) in [6.45, 7) is 0.270. The van der Waals surface area contributed by atoms with Crippen molar-refractivity contribution in [2.45, 2.75) is 6.61 Å². The summed E-state index contributed by atoms with van der Waals surface area (Å²) in [5.74, 6) is 0.587.